The number of hydrogen-bond acceptors (Lipinski definition) is 5. The number of carbonyl (C=O) groups excluding carboxylic acids is 1. The van der Waals surface area contributed by atoms with Crippen molar-refractivity contribution in [2.45, 2.75) is 50.4 Å². The largest absolute Gasteiger partial charge is 0.469 e. The number of unbranched alkanes of at least 4 members (excludes halogenated alkanes) is 1. The number of esters is 1. The van der Waals surface area contributed by atoms with Crippen LogP contribution in [0.5, 0.6) is 0 Å². The summed E-state index contributed by atoms with van der Waals surface area (Å²) in [5, 5.41) is 19.2. The lowest BCUT2D eigenvalue weighted by atomic mass is 9.97. The number of aliphatic hydroxyl groups excluding tert-OH is 2. The molecule has 1 aliphatic rings. The van der Waals surface area contributed by atoms with E-state index in [2.05, 4.69) is 4.74 Å². The highest BCUT2D eigenvalue weighted by Gasteiger charge is 2.38. The highest BCUT2D eigenvalue weighted by molar-refractivity contribution is 5.68. The van der Waals surface area contributed by atoms with Gasteiger partial charge in [-0.1, -0.05) is 12.2 Å². The van der Waals surface area contributed by atoms with Crippen molar-refractivity contribution < 1.29 is 19.7 Å². The Morgan fingerprint density at radius 1 is 1.39 bits per heavy atom. The third-order valence-corrected chi connectivity index (χ3v) is 3.47. The van der Waals surface area contributed by atoms with E-state index in [1.54, 1.807) is 0 Å². The molecule has 0 heterocycles. The number of allylic oxidation sites excluding steroid dienone is 2. The van der Waals surface area contributed by atoms with Gasteiger partial charge in [0.2, 0.25) is 0 Å². The second kappa shape index (κ2) is 7.51. The first-order valence-corrected chi connectivity index (χ1v) is 6.39. The molecule has 0 aromatic rings. The van der Waals surface area contributed by atoms with Crippen molar-refractivity contribution in [2.24, 2.45) is 11.7 Å². The zero-order valence-corrected chi connectivity index (χ0v) is 10.8. The van der Waals surface area contributed by atoms with Crippen molar-refractivity contribution in [1.82, 2.24) is 0 Å². The lowest BCUT2D eigenvalue weighted by Crippen LogP contribution is -2.35. The summed E-state index contributed by atoms with van der Waals surface area (Å²) >= 11 is 0. The molecule has 1 saturated carbocycles. The van der Waals surface area contributed by atoms with E-state index in [4.69, 9.17) is 5.73 Å². The highest BCUT2D eigenvalue weighted by atomic mass is 16.5. The van der Waals surface area contributed by atoms with Crippen molar-refractivity contribution in [3.05, 3.63) is 12.2 Å². The topological polar surface area (TPSA) is 92.8 Å². The Hall–Kier alpha value is -0.910. The fourth-order valence-corrected chi connectivity index (χ4v) is 2.27. The smallest absolute Gasteiger partial charge is 0.305 e. The third kappa shape index (κ3) is 4.40. The number of methoxy groups -OCH3 is 1. The summed E-state index contributed by atoms with van der Waals surface area (Å²) in [5.74, 6) is -0.267. The maximum absolute atomic E-state index is 10.9. The maximum atomic E-state index is 10.9. The van der Waals surface area contributed by atoms with E-state index in [1.807, 2.05) is 12.2 Å². The van der Waals surface area contributed by atoms with Crippen molar-refractivity contribution in [3.8, 4) is 0 Å². The molecular formula is C13H23NO4. The Balaban J connectivity index is 2.18. The molecule has 0 unspecified atom stereocenters. The molecular weight excluding hydrogens is 234 g/mol. The minimum Gasteiger partial charge on any atom is -0.469 e. The van der Waals surface area contributed by atoms with E-state index in [9.17, 15) is 15.0 Å². The minimum atomic E-state index is -0.599. The average Bonchev–Trinajstić information content (AvgIpc) is 2.59. The van der Waals surface area contributed by atoms with Gasteiger partial charge in [-0.15, -0.1) is 0 Å². The zero-order chi connectivity index (χ0) is 13.5. The molecule has 4 N–H and O–H groups in total. The molecule has 1 aliphatic carbocycles. The van der Waals surface area contributed by atoms with Crippen LogP contribution in [0.3, 0.4) is 0 Å². The number of rotatable bonds is 6. The summed E-state index contributed by atoms with van der Waals surface area (Å²) in [6.07, 6.45) is 5.83. The molecule has 5 nitrogen and oxygen atoms in total. The van der Waals surface area contributed by atoms with Crippen LogP contribution in [-0.4, -0.2) is 41.5 Å². The molecule has 0 saturated heterocycles. The van der Waals surface area contributed by atoms with Gasteiger partial charge in [0, 0.05) is 24.8 Å². The molecule has 0 spiro atoms. The monoisotopic (exact) mass is 257 g/mol. The van der Waals surface area contributed by atoms with Gasteiger partial charge in [-0.05, 0) is 19.3 Å². The van der Waals surface area contributed by atoms with E-state index in [-0.39, 0.29) is 17.9 Å². The van der Waals surface area contributed by atoms with Crippen LogP contribution in [0, 0.1) is 5.92 Å². The maximum Gasteiger partial charge on any atom is 0.305 e. The standard InChI is InChI=1S/C13H23NO4/c1-18-12(17)7-5-3-2-4-6-9-10(15)8-11(16)13(9)14/h2,4,9-11,13,15-16H,3,5-8,14H2,1H3/b4-2-/t9-,10-,11+,13+/m0/s1. The number of nitrogens with two attached hydrogens (primary N) is 1. The molecule has 0 aliphatic heterocycles. The van der Waals surface area contributed by atoms with E-state index in [0.717, 1.165) is 12.8 Å². The van der Waals surface area contributed by atoms with Gasteiger partial charge in [0.15, 0.2) is 0 Å². The number of carbonyl (C=O) groups is 1. The van der Waals surface area contributed by atoms with E-state index >= 15 is 0 Å². The summed E-state index contributed by atoms with van der Waals surface area (Å²) in [4.78, 5) is 10.9. The van der Waals surface area contributed by atoms with E-state index < -0.39 is 12.2 Å². The van der Waals surface area contributed by atoms with Crippen LogP contribution in [0.25, 0.3) is 0 Å². The van der Waals surface area contributed by atoms with Gasteiger partial charge in [0.05, 0.1) is 19.3 Å². The first-order valence-electron chi connectivity index (χ1n) is 6.39. The predicted octanol–water partition coefficient (Wildman–Crippen LogP) is 0.345. The average molecular weight is 257 g/mol. The first-order chi connectivity index (χ1) is 8.56. The molecule has 0 aromatic heterocycles. The van der Waals surface area contributed by atoms with Crippen molar-refractivity contribution in [1.29, 1.82) is 0 Å². The van der Waals surface area contributed by atoms with Gasteiger partial charge in [-0.3, -0.25) is 4.79 Å². The van der Waals surface area contributed by atoms with Crippen LogP contribution in [0.1, 0.15) is 32.1 Å². The number of hydrogen-bond donors (Lipinski definition) is 3. The van der Waals surface area contributed by atoms with Crippen LogP contribution in [0.2, 0.25) is 0 Å². The zero-order valence-electron chi connectivity index (χ0n) is 10.8. The first kappa shape index (κ1) is 15.1. The van der Waals surface area contributed by atoms with Crippen molar-refractivity contribution in [3.63, 3.8) is 0 Å². The minimum absolute atomic E-state index is 0.0724. The Bertz CT molecular complexity index is 293. The molecule has 0 bridgehead atoms. The molecule has 1 rings (SSSR count). The fourth-order valence-electron chi connectivity index (χ4n) is 2.27. The highest BCUT2D eigenvalue weighted by Crippen LogP contribution is 2.28. The summed E-state index contributed by atoms with van der Waals surface area (Å²) in [7, 11) is 1.38. The molecule has 4 atom stereocenters. The Morgan fingerprint density at radius 3 is 2.67 bits per heavy atom. The Labute approximate surface area is 108 Å². The predicted molar refractivity (Wildman–Crippen MR) is 67.7 cm³/mol. The van der Waals surface area contributed by atoms with Gasteiger partial charge in [0.1, 0.15) is 0 Å². The summed E-state index contributed by atoms with van der Waals surface area (Å²) < 4.78 is 4.54. The second-order valence-electron chi connectivity index (χ2n) is 4.79. The van der Waals surface area contributed by atoms with Gasteiger partial charge in [-0.2, -0.15) is 0 Å². The van der Waals surface area contributed by atoms with Crippen molar-refractivity contribution in [2.75, 3.05) is 7.11 Å². The van der Waals surface area contributed by atoms with Crippen molar-refractivity contribution >= 4 is 5.97 Å². The van der Waals surface area contributed by atoms with Gasteiger partial charge in [-0.25, -0.2) is 0 Å². The summed E-state index contributed by atoms with van der Waals surface area (Å²) in [6.45, 7) is 0. The lowest BCUT2D eigenvalue weighted by molar-refractivity contribution is -0.140. The van der Waals surface area contributed by atoms with Crippen LogP contribution < -0.4 is 5.73 Å². The molecule has 5 heteroatoms. The number of ether oxygens (including phenoxy) is 1. The van der Waals surface area contributed by atoms with E-state index in [0.29, 0.717) is 19.3 Å². The van der Waals surface area contributed by atoms with Crippen LogP contribution in [0.4, 0.5) is 0 Å². The molecule has 0 amide bonds. The quantitative estimate of drug-likeness (QED) is 0.362. The SMILES string of the molecule is COC(=O)CCC/C=C\C[C@@H]1[C@@H](N)[C@H](O)C[C@@H]1O. The normalized spacial score (nSPS) is 32.0. The van der Waals surface area contributed by atoms with Crippen LogP contribution >= 0.6 is 0 Å². The molecule has 1 fully saturated rings. The van der Waals surface area contributed by atoms with Crippen LogP contribution in [-0.2, 0) is 9.53 Å². The summed E-state index contributed by atoms with van der Waals surface area (Å²) in [5.41, 5.74) is 5.81. The Kier molecular flexibility index (Phi) is 6.32. The molecule has 0 aromatic carbocycles. The third-order valence-electron chi connectivity index (χ3n) is 3.47. The summed E-state index contributed by atoms with van der Waals surface area (Å²) in [6, 6.07) is -0.347. The molecule has 104 valence electrons. The Morgan fingerprint density at radius 2 is 2.11 bits per heavy atom. The van der Waals surface area contributed by atoms with Gasteiger partial charge in [0.25, 0.3) is 0 Å². The molecule has 18 heavy (non-hydrogen) atoms. The number of aliphatic hydroxyl groups is 2. The van der Waals surface area contributed by atoms with Gasteiger partial charge < -0.3 is 20.7 Å². The molecule has 0 radical (unpaired) electrons. The lowest BCUT2D eigenvalue weighted by Gasteiger charge is -2.17. The van der Waals surface area contributed by atoms with Gasteiger partial charge >= 0.3 is 5.97 Å². The second-order valence-corrected chi connectivity index (χ2v) is 4.79. The fraction of sp³-hybridized carbons (Fsp3) is 0.769. The van der Waals surface area contributed by atoms with Crippen LogP contribution in [0.15, 0.2) is 12.2 Å². The van der Waals surface area contributed by atoms with E-state index in [1.165, 1.54) is 7.11 Å².